The molecule has 0 radical (unpaired) electrons. The van der Waals surface area contributed by atoms with Crippen LogP contribution in [0.25, 0.3) is 0 Å². The van der Waals surface area contributed by atoms with Crippen LogP contribution in [0.1, 0.15) is 18.6 Å². The van der Waals surface area contributed by atoms with Gasteiger partial charge in [0.2, 0.25) is 5.91 Å². The SMILES string of the molecule is C[C@@H](N)C(=O)N1CCOC(c2ccccc2Br)C1. The van der Waals surface area contributed by atoms with Gasteiger partial charge in [0.15, 0.2) is 0 Å². The molecule has 2 rings (SSSR count). The molecular weight excluding hydrogens is 296 g/mol. The van der Waals surface area contributed by atoms with Crippen LogP contribution in [0, 0.1) is 0 Å². The van der Waals surface area contributed by atoms with Crippen LogP contribution in [0.5, 0.6) is 0 Å². The topological polar surface area (TPSA) is 55.6 Å². The number of rotatable bonds is 2. The summed E-state index contributed by atoms with van der Waals surface area (Å²) in [5.41, 5.74) is 6.71. The fraction of sp³-hybridized carbons (Fsp3) is 0.462. The molecule has 5 heteroatoms. The molecule has 0 aromatic heterocycles. The predicted molar refractivity (Wildman–Crippen MR) is 73.1 cm³/mol. The summed E-state index contributed by atoms with van der Waals surface area (Å²) in [5.74, 6) is -0.0182. The lowest BCUT2D eigenvalue weighted by Crippen LogP contribution is -2.48. The zero-order valence-electron chi connectivity index (χ0n) is 10.3. The Bertz CT molecular complexity index is 437. The molecule has 1 aromatic rings. The first-order valence-electron chi connectivity index (χ1n) is 6.00. The van der Waals surface area contributed by atoms with Crippen molar-refractivity contribution in [2.24, 2.45) is 5.73 Å². The third-order valence-electron chi connectivity index (χ3n) is 3.02. The minimum absolute atomic E-state index is 0.0182. The molecule has 1 amide bonds. The van der Waals surface area contributed by atoms with Crippen LogP contribution in [-0.2, 0) is 9.53 Å². The van der Waals surface area contributed by atoms with Gasteiger partial charge in [-0.3, -0.25) is 4.79 Å². The maximum atomic E-state index is 11.9. The first kappa shape index (κ1) is 13.5. The molecule has 1 heterocycles. The van der Waals surface area contributed by atoms with Crippen LogP contribution in [0.15, 0.2) is 28.7 Å². The molecule has 2 N–H and O–H groups in total. The summed E-state index contributed by atoms with van der Waals surface area (Å²) in [6.07, 6.45) is -0.0861. The highest BCUT2D eigenvalue weighted by molar-refractivity contribution is 9.10. The summed E-state index contributed by atoms with van der Waals surface area (Å²) < 4.78 is 6.74. The number of morpholine rings is 1. The molecule has 1 aliphatic heterocycles. The molecule has 1 aliphatic rings. The zero-order chi connectivity index (χ0) is 13.1. The number of halogens is 1. The molecule has 1 saturated heterocycles. The number of nitrogens with zero attached hydrogens (tertiary/aromatic N) is 1. The molecular formula is C13H17BrN2O2. The highest BCUT2D eigenvalue weighted by atomic mass is 79.9. The van der Waals surface area contributed by atoms with E-state index >= 15 is 0 Å². The van der Waals surface area contributed by atoms with Crippen molar-refractivity contribution < 1.29 is 9.53 Å². The average Bonchev–Trinajstić information content (AvgIpc) is 2.38. The lowest BCUT2D eigenvalue weighted by molar-refractivity contribution is -0.140. The molecule has 98 valence electrons. The van der Waals surface area contributed by atoms with Gasteiger partial charge in [0.1, 0.15) is 6.10 Å². The number of carbonyl (C=O) groups excluding carboxylic acids is 1. The monoisotopic (exact) mass is 312 g/mol. The standard InChI is InChI=1S/C13H17BrN2O2/c1-9(15)13(17)16-6-7-18-12(8-16)10-4-2-3-5-11(10)14/h2-5,9,12H,6-8,15H2,1H3/t9-,12?/m1/s1. The maximum Gasteiger partial charge on any atom is 0.239 e. The van der Waals surface area contributed by atoms with E-state index in [1.807, 2.05) is 24.3 Å². The van der Waals surface area contributed by atoms with Crippen LogP contribution in [0.2, 0.25) is 0 Å². The fourth-order valence-corrected chi connectivity index (χ4v) is 2.60. The Labute approximate surface area is 115 Å². The summed E-state index contributed by atoms with van der Waals surface area (Å²) >= 11 is 3.51. The minimum atomic E-state index is -0.456. The Morgan fingerprint density at radius 2 is 2.28 bits per heavy atom. The Morgan fingerprint density at radius 1 is 1.56 bits per heavy atom. The van der Waals surface area contributed by atoms with Crippen LogP contribution in [0.4, 0.5) is 0 Å². The number of hydrogen-bond acceptors (Lipinski definition) is 3. The van der Waals surface area contributed by atoms with Gasteiger partial charge in [0.05, 0.1) is 19.2 Å². The second-order valence-corrected chi connectivity index (χ2v) is 5.31. The van der Waals surface area contributed by atoms with Gasteiger partial charge in [0, 0.05) is 11.0 Å². The van der Waals surface area contributed by atoms with Crippen molar-refractivity contribution in [2.75, 3.05) is 19.7 Å². The van der Waals surface area contributed by atoms with E-state index in [2.05, 4.69) is 15.9 Å². The number of amides is 1. The van der Waals surface area contributed by atoms with E-state index in [1.165, 1.54) is 0 Å². The van der Waals surface area contributed by atoms with Crippen molar-refractivity contribution in [1.29, 1.82) is 0 Å². The maximum absolute atomic E-state index is 11.9. The summed E-state index contributed by atoms with van der Waals surface area (Å²) in [6, 6.07) is 7.46. The van der Waals surface area contributed by atoms with E-state index < -0.39 is 6.04 Å². The van der Waals surface area contributed by atoms with Gasteiger partial charge >= 0.3 is 0 Å². The summed E-state index contributed by atoms with van der Waals surface area (Å²) in [7, 11) is 0. The number of benzene rings is 1. The van der Waals surface area contributed by atoms with E-state index in [0.717, 1.165) is 10.0 Å². The van der Waals surface area contributed by atoms with Gasteiger partial charge in [-0.2, -0.15) is 0 Å². The smallest absolute Gasteiger partial charge is 0.239 e. The van der Waals surface area contributed by atoms with Crippen LogP contribution in [0.3, 0.4) is 0 Å². The first-order chi connectivity index (χ1) is 8.59. The molecule has 4 nitrogen and oxygen atoms in total. The van der Waals surface area contributed by atoms with Crippen molar-refractivity contribution in [3.63, 3.8) is 0 Å². The highest BCUT2D eigenvalue weighted by Gasteiger charge is 2.27. The van der Waals surface area contributed by atoms with Crippen LogP contribution >= 0.6 is 15.9 Å². The number of hydrogen-bond donors (Lipinski definition) is 1. The summed E-state index contributed by atoms with van der Waals surface area (Å²) in [4.78, 5) is 13.7. The third kappa shape index (κ3) is 2.91. The average molecular weight is 313 g/mol. The van der Waals surface area contributed by atoms with Gasteiger partial charge in [-0.25, -0.2) is 0 Å². The Morgan fingerprint density at radius 3 is 2.94 bits per heavy atom. The second kappa shape index (κ2) is 5.82. The minimum Gasteiger partial charge on any atom is -0.370 e. The lowest BCUT2D eigenvalue weighted by atomic mass is 10.1. The molecule has 1 aromatic carbocycles. The van der Waals surface area contributed by atoms with Crippen molar-refractivity contribution in [3.05, 3.63) is 34.3 Å². The number of ether oxygens (including phenoxy) is 1. The van der Waals surface area contributed by atoms with Crippen molar-refractivity contribution in [3.8, 4) is 0 Å². The quantitative estimate of drug-likeness (QED) is 0.904. The second-order valence-electron chi connectivity index (χ2n) is 4.45. The van der Waals surface area contributed by atoms with Crippen molar-refractivity contribution in [1.82, 2.24) is 4.90 Å². The van der Waals surface area contributed by atoms with E-state index in [0.29, 0.717) is 19.7 Å². The molecule has 1 unspecified atom stereocenters. The Balaban J connectivity index is 2.12. The van der Waals surface area contributed by atoms with E-state index in [-0.39, 0.29) is 12.0 Å². The molecule has 18 heavy (non-hydrogen) atoms. The van der Waals surface area contributed by atoms with Gasteiger partial charge in [-0.1, -0.05) is 34.1 Å². The Hall–Kier alpha value is -0.910. The van der Waals surface area contributed by atoms with Gasteiger partial charge in [-0.15, -0.1) is 0 Å². The van der Waals surface area contributed by atoms with Gasteiger partial charge in [0.25, 0.3) is 0 Å². The van der Waals surface area contributed by atoms with Crippen molar-refractivity contribution >= 4 is 21.8 Å². The highest BCUT2D eigenvalue weighted by Crippen LogP contribution is 2.28. The van der Waals surface area contributed by atoms with Gasteiger partial charge in [-0.05, 0) is 18.6 Å². The normalized spacial score (nSPS) is 21.7. The summed E-state index contributed by atoms with van der Waals surface area (Å²) in [5, 5.41) is 0. The third-order valence-corrected chi connectivity index (χ3v) is 3.74. The molecule has 0 spiro atoms. The zero-order valence-corrected chi connectivity index (χ0v) is 11.9. The van der Waals surface area contributed by atoms with Crippen molar-refractivity contribution in [2.45, 2.75) is 19.1 Å². The van der Waals surface area contributed by atoms with Crippen LogP contribution in [-0.4, -0.2) is 36.5 Å². The summed E-state index contributed by atoms with van der Waals surface area (Å²) in [6.45, 7) is 3.43. The molecule has 0 bridgehead atoms. The predicted octanol–water partition coefficient (Wildman–Crippen LogP) is 1.70. The Kier molecular flexibility index (Phi) is 4.37. The number of carbonyl (C=O) groups is 1. The van der Waals surface area contributed by atoms with E-state index in [4.69, 9.17) is 10.5 Å². The molecule has 1 fully saturated rings. The van der Waals surface area contributed by atoms with E-state index in [9.17, 15) is 4.79 Å². The number of nitrogens with two attached hydrogens (primary N) is 1. The molecule has 0 aliphatic carbocycles. The molecule has 0 saturated carbocycles. The first-order valence-corrected chi connectivity index (χ1v) is 6.79. The largest absolute Gasteiger partial charge is 0.370 e. The van der Waals surface area contributed by atoms with Gasteiger partial charge < -0.3 is 15.4 Å². The molecule has 2 atom stereocenters. The lowest BCUT2D eigenvalue weighted by Gasteiger charge is -2.34. The van der Waals surface area contributed by atoms with Crippen LogP contribution < -0.4 is 5.73 Å². The fourth-order valence-electron chi connectivity index (χ4n) is 2.06. The van der Waals surface area contributed by atoms with E-state index in [1.54, 1.807) is 11.8 Å².